The van der Waals surface area contributed by atoms with Crippen LogP contribution in [0.25, 0.3) is 0 Å². The van der Waals surface area contributed by atoms with Crippen molar-refractivity contribution in [1.82, 2.24) is 20.6 Å². The van der Waals surface area contributed by atoms with Gasteiger partial charge in [-0.15, -0.1) is 0 Å². The van der Waals surface area contributed by atoms with Gasteiger partial charge in [0, 0.05) is 31.2 Å². The minimum atomic E-state index is -0.0943. The van der Waals surface area contributed by atoms with Gasteiger partial charge in [0.25, 0.3) is 0 Å². The van der Waals surface area contributed by atoms with Crippen LogP contribution >= 0.6 is 0 Å². The normalized spacial score (nSPS) is 16.2. The van der Waals surface area contributed by atoms with Crippen molar-refractivity contribution in [2.45, 2.75) is 70.1 Å². The molecular weight excluding hydrogens is 356 g/mol. The van der Waals surface area contributed by atoms with Crippen LogP contribution in [0.4, 0.5) is 0 Å². The Balaban J connectivity index is 1.59. The van der Waals surface area contributed by atoms with Gasteiger partial charge in [-0.25, -0.2) is 0 Å². The first-order valence-electron chi connectivity index (χ1n) is 10.3. The van der Waals surface area contributed by atoms with Crippen LogP contribution in [0, 0.1) is 5.92 Å². The summed E-state index contributed by atoms with van der Waals surface area (Å²) in [7, 11) is 0. The molecule has 28 heavy (non-hydrogen) atoms. The van der Waals surface area contributed by atoms with Crippen molar-refractivity contribution in [1.29, 1.82) is 0 Å². The van der Waals surface area contributed by atoms with E-state index in [0.717, 1.165) is 24.3 Å². The first-order valence-corrected chi connectivity index (χ1v) is 10.3. The quantitative estimate of drug-likeness (QED) is 0.566. The Morgan fingerprint density at radius 2 is 2.04 bits per heavy atom. The number of pyridine rings is 1. The Bertz CT molecular complexity index is 713. The van der Waals surface area contributed by atoms with Gasteiger partial charge >= 0.3 is 0 Å². The molecular formula is C21H30N4O3. The monoisotopic (exact) mass is 386 g/mol. The standard InChI is InChI=1S/C21H30N4O3/c26-19(15-23-27)14-18(8-4-7-16-5-2-1-3-6-16)21-24-20(25-28-21)13-17-9-11-22-12-10-17/h9-12,16,18,23,27H,1-8,13-15H2/t18-/m0/s1. The predicted octanol–water partition coefficient (Wildman–Crippen LogP) is 3.83. The highest BCUT2D eigenvalue weighted by Gasteiger charge is 2.23. The number of Topliss-reactive ketones (excluding diaryl/α,β-unsaturated/α-hetero) is 1. The first kappa shape index (κ1) is 20.6. The summed E-state index contributed by atoms with van der Waals surface area (Å²) in [5, 5.41) is 12.9. The SMILES string of the molecule is O=C(CNO)C[C@H](CCCC1CCCCC1)c1nc(Cc2ccncc2)no1. The lowest BCUT2D eigenvalue weighted by atomic mass is 9.84. The molecule has 0 unspecified atom stereocenters. The lowest BCUT2D eigenvalue weighted by Gasteiger charge is -2.22. The van der Waals surface area contributed by atoms with E-state index in [0.29, 0.717) is 24.6 Å². The molecule has 7 heteroatoms. The molecule has 2 heterocycles. The van der Waals surface area contributed by atoms with Gasteiger partial charge in [0.05, 0.1) is 6.54 Å². The van der Waals surface area contributed by atoms with Gasteiger partial charge < -0.3 is 9.73 Å². The number of hydrogen-bond acceptors (Lipinski definition) is 7. The first-order chi connectivity index (χ1) is 13.7. The topological polar surface area (TPSA) is 101 Å². The Hall–Kier alpha value is -2.12. The fourth-order valence-corrected chi connectivity index (χ4v) is 4.07. The molecule has 1 saturated carbocycles. The molecule has 0 aliphatic heterocycles. The van der Waals surface area contributed by atoms with Crippen LogP contribution in [0.15, 0.2) is 29.0 Å². The molecule has 0 aromatic carbocycles. The van der Waals surface area contributed by atoms with Crippen molar-refractivity contribution < 1.29 is 14.5 Å². The summed E-state index contributed by atoms with van der Waals surface area (Å²) < 4.78 is 5.51. The maximum absolute atomic E-state index is 12.1. The molecule has 0 amide bonds. The number of nitrogens with one attached hydrogen (secondary N) is 1. The van der Waals surface area contributed by atoms with E-state index in [4.69, 9.17) is 9.73 Å². The van der Waals surface area contributed by atoms with E-state index in [1.807, 2.05) is 17.6 Å². The Labute approximate surface area is 165 Å². The minimum absolute atomic E-state index is 0.0564. The summed E-state index contributed by atoms with van der Waals surface area (Å²) in [5.74, 6) is 1.81. The predicted molar refractivity (Wildman–Crippen MR) is 104 cm³/mol. The highest BCUT2D eigenvalue weighted by atomic mass is 16.5. The van der Waals surface area contributed by atoms with Gasteiger partial charge in [0.2, 0.25) is 5.89 Å². The van der Waals surface area contributed by atoms with E-state index in [-0.39, 0.29) is 18.2 Å². The van der Waals surface area contributed by atoms with Gasteiger partial charge in [-0.1, -0.05) is 50.1 Å². The molecule has 0 spiro atoms. The van der Waals surface area contributed by atoms with E-state index in [9.17, 15) is 4.79 Å². The molecule has 0 radical (unpaired) electrons. The van der Waals surface area contributed by atoms with E-state index in [1.54, 1.807) is 12.4 Å². The molecule has 0 bridgehead atoms. The molecule has 1 aliphatic carbocycles. The third kappa shape index (κ3) is 6.49. The van der Waals surface area contributed by atoms with Crippen LogP contribution in [0.5, 0.6) is 0 Å². The zero-order chi connectivity index (χ0) is 19.6. The van der Waals surface area contributed by atoms with Crippen LogP contribution in [0.2, 0.25) is 0 Å². The number of aromatic nitrogens is 3. The zero-order valence-corrected chi connectivity index (χ0v) is 16.3. The van der Waals surface area contributed by atoms with Gasteiger partial charge in [-0.2, -0.15) is 10.5 Å². The average Bonchev–Trinajstić information content (AvgIpc) is 3.17. The molecule has 2 aromatic rings. The number of rotatable bonds is 11. The number of carbonyl (C=O) groups excluding carboxylic acids is 1. The summed E-state index contributed by atoms with van der Waals surface area (Å²) in [6.45, 7) is -0.0584. The third-order valence-electron chi connectivity index (χ3n) is 5.58. The fraction of sp³-hybridized carbons (Fsp3) is 0.619. The van der Waals surface area contributed by atoms with Gasteiger partial charge in [0.1, 0.15) is 5.78 Å². The Morgan fingerprint density at radius 3 is 2.79 bits per heavy atom. The van der Waals surface area contributed by atoms with E-state index >= 15 is 0 Å². The van der Waals surface area contributed by atoms with Crippen molar-refractivity contribution in [3.63, 3.8) is 0 Å². The average molecular weight is 386 g/mol. The minimum Gasteiger partial charge on any atom is -0.339 e. The summed E-state index contributed by atoms with van der Waals surface area (Å²) in [6.07, 6.45) is 14.2. The van der Waals surface area contributed by atoms with E-state index in [1.165, 1.54) is 38.5 Å². The second kappa shape index (κ2) is 11.0. The number of carbonyl (C=O) groups is 1. The van der Waals surface area contributed by atoms with Gasteiger partial charge in [-0.3, -0.25) is 9.78 Å². The number of ketones is 1. The molecule has 152 valence electrons. The molecule has 1 aliphatic rings. The molecule has 3 rings (SSSR count). The Kier molecular flexibility index (Phi) is 8.11. The van der Waals surface area contributed by atoms with Crippen LogP contribution in [-0.4, -0.2) is 32.7 Å². The second-order valence-electron chi connectivity index (χ2n) is 7.79. The number of hydrogen-bond donors (Lipinski definition) is 2. The highest BCUT2D eigenvalue weighted by Crippen LogP contribution is 2.31. The number of hydroxylamine groups is 1. The van der Waals surface area contributed by atoms with Gasteiger partial charge in [-0.05, 0) is 30.0 Å². The van der Waals surface area contributed by atoms with Crippen LogP contribution in [0.3, 0.4) is 0 Å². The van der Waals surface area contributed by atoms with Crippen molar-refractivity contribution in [2.24, 2.45) is 5.92 Å². The lowest BCUT2D eigenvalue weighted by molar-refractivity contribution is -0.120. The highest BCUT2D eigenvalue weighted by molar-refractivity contribution is 5.80. The third-order valence-corrected chi connectivity index (χ3v) is 5.58. The molecule has 0 saturated heterocycles. The largest absolute Gasteiger partial charge is 0.339 e. The molecule has 1 fully saturated rings. The van der Waals surface area contributed by atoms with Crippen molar-refractivity contribution in [3.05, 3.63) is 41.8 Å². The molecule has 7 nitrogen and oxygen atoms in total. The fourth-order valence-electron chi connectivity index (χ4n) is 4.07. The molecule has 2 aromatic heterocycles. The van der Waals surface area contributed by atoms with Crippen molar-refractivity contribution in [2.75, 3.05) is 6.54 Å². The number of nitrogens with zero attached hydrogens (tertiary/aromatic N) is 3. The second-order valence-corrected chi connectivity index (χ2v) is 7.79. The Morgan fingerprint density at radius 1 is 1.25 bits per heavy atom. The van der Waals surface area contributed by atoms with Crippen LogP contribution in [0.1, 0.15) is 81.0 Å². The summed E-state index contributed by atoms with van der Waals surface area (Å²) >= 11 is 0. The van der Waals surface area contributed by atoms with Crippen LogP contribution < -0.4 is 5.48 Å². The van der Waals surface area contributed by atoms with Crippen molar-refractivity contribution in [3.8, 4) is 0 Å². The van der Waals surface area contributed by atoms with Gasteiger partial charge in [0.15, 0.2) is 5.82 Å². The lowest BCUT2D eigenvalue weighted by Crippen LogP contribution is -2.21. The summed E-state index contributed by atoms with van der Waals surface area (Å²) in [4.78, 5) is 20.6. The molecule has 2 N–H and O–H groups in total. The summed E-state index contributed by atoms with van der Waals surface area (Å²) in [6, 6.07) is 3.85. The van der Waals surface area contributed by atoms with Crippen molar-refractivity contribution >= 4 is 5.78 Å². The van der Waals surface area contributed by atoms with E-state index < -0.39 is 0 Å². The zero-order valence-electron chi connectivity index (χ0n) is 16.3. The smallest absolute Gasteiger partial charge is 0.230 e. The molecule has 1 atom stereocenters. The maximum atomic E-state index is 12.1. The maximum Gasteiger partial charge on any atom is 0.230 e. The van der Waals surface area contributed by atoms with E-state index in [2.05, 4.69) is 15.1 Å². The summed E-state index contributed by atoms with van der Waals surface area (Å²) in [5.41, 5.74) is 3.01. The van der Waals surface area contributed by atoms with Crippen LogP contribution in [-0.2, 0) is 11.2 Å².